The molecule has 152 valence electrons. The minimum atomic E-state index is -0.409. The molecule has 0 spiro atoms. The molecule has 0 unspecified atom stereocenters. The third kappa shape index (κ3) is 3.68. The van der Waals surface area contributed by atoms with Crippen molar-refractivity contribution in [3.8, 4) is 0 Å². The number of hydrogen-bond donors (Lipinski definition) is 2. The van der Waals surface area contributed by atoms with Gasteiger partial charge >= 0.3 is 0 Å². The molecule has 29 heavy (non-hydrogen) atoms. The lowest BCUT2D eigenvalue weighted by molar-refractivity contribution is -0.115. The van der Waals surface area contributed by atoms with Gasteiger partial charge < -0.3 is 10.6 Å². The van der Waals surface area contributed by atoms with E-state index in [0.29, 0.717) is 10.7 Å². The number of amides is 2. The molecule has 2 amide bonds. The normalized spacial score (nSPS) is 29.6. The molecule has 0 radical (unpaired) electrons. The van der Waals surface area contributed by atoms with Gasteiger partial charge in [-0.1, -0.05) is 0 Å². The van der Waals surface area contributed by atoms with E-state index in [0.717, 1.165) is 23.4 Å². The van der Waals surface area contributed by atoms with E-state index in [1.165, 1.54) is 74.1 Å². The number of nitrogens with one attached hydrogen (secondary N) is 2. The maximum absolute atomic E-state index is 12.9. The number of anilines is 1. The molecular weight excluding hydrogens is 389 g/mol. The van der Waals surface area contributed by atoms with E-state index in [9.17, 15) is 14.0 Å². The summed E-state index contributed by atoms with van der Waals surface area (Å²) in [5.74, 6) is 1.42. The first-order valence-corrected chi connectivity index (χ1v) is 11.2. The SMILES string of the molecule is O=C(CNC(=O)c1ccc(F)cc1)Nc1nc(C23CC4CC(CC(C4)C2)C3)cs1. The summed E-state index contributed by atoms with van der Waals surface area (Å²) in [6.45, 7) is -0.150. The minimum absolute atomic E-state index is 0.150. The van der Waals surface area contributed by atoms with Crippen molar-refractivity contribution in [1.82, 2.24) is 10.3 Å². The van der Waals surface area contributed by atoms with Gasteiger partial charge in [-0.2, -0.15) is 0 Å². The highest BCUT2D eigenvalue weighted by Crippen LogP contribution is 2.60. The van der Waals surface area contributed by atoms with Gasteiger partial charge in [0.1, 0.15) is 5.82 Å². The average Bonchev–Trinajstić information content (AvgIpc) is 3.15. The molecule has 1 aromatic carbocycles. The van der Waals surface area contributed by atoms with Crippen molar-refractivity contribution in [1.29, 1.82) is 0 Å². The van der Waals surface area contributed by atoms with E-state index in [-0.39, 0.29) is 17.9 Å². The molecule has 4 bridgehead atoms. The number of thiazole rings is 1. The highest BCUT2D eigenvalue weighted by atomic mass is 32.1. The van der Waals surface area contributed by atoms with Crippen LogP contribution in [0, 0.1) is 23.6 Å². The summed E-state index contributed by atoms with van der Waals surface area (Å²) < 4.78 is 12.9. The third-order valence-corrected chi connectivity index (χ3v) is 7.61. The molecule has 4 saturated carbocycles. The van der Waals surface area contributed by atoms with Gasteiger partial charge in [0.2, 0.25) is 5.91 Å². The predicted molar refractivity (Wildman–Crippen MR) is 109 cm³/mol. The van der Waals surface area contributed by atoms with E-state index >= 15 is 0 Å². The highest BCUT2D eigenvalue weighted by molar-refractivity contribution is 7.14. The van der Waals surface area contributed by atoms with Crippen LogP contribution in [0.25, 0.3) is 0 Å². The number of carbonyl (C=O) groups is 2. The lowest BCUT2D eigenvalue weighted by Gasteiger charge is -2.56. The zero-order chi connectivity index (χ0) is 20.0. The Bertz CT molecular complexity index is 905. The first-order chi connectivity index (χ1) is 14.0. The second-order valence-electron chi connectivity index (χ2n) is 8.97. The zero-order valence-corrected chi connectivity index (χ0v) is 16.9. The molecule has 0 atom stereocenters. The predicted octanol–water partition coefficient (Wildman–Crippen LogP) is 4.12. The average molecular weight is 414 g/mol. The fourth-order valence-electron chi connectivity index (χ4n) is 6.03. The van der Waals surface area contributed by atoms with Crippen molar-refractivity contribution in [3.05, 3.63) is 46.7 Å². The van der Waals surface area contributed by atoms with Crippen molar-refractivity contribution in [2.75, 3.05) is 11.9 Å². The van der Waals surface area contributed by atoms with E-state index in [4.69, 9.17) is 4.98 Å². The van der Waals surface area contributed by atoms with Crippen LogP contribution in [0.4, 0.5) is 9.52 Å². The third-order valence-electron chi connectivity index (χ3n) is 6.85. The minimum Gasteiger partial charge on any atom is -0.343 e. The van der Waals surface area contributed by atoms with E-state index in [1.54, 1.807) is 0 Å². The molecule has 4 aliphatic rings. The van der Waals surface area contributed by atoms with Gasteiger partial charge in [-0.05, 0) is 80.5 Å². The van der Waals surface area contributed by atoms with Crippen molar-refractivity contribution in [3.63, 3.8) is 0 Å². The van der Waals surface area contributed by atoms with Gasteiger partial charge in [-0.15, -0.1) is 11.3 Å². The summed E-state index contributed by atoms with van der Waals surface area (Å²) in [7, 11) is 0. The lowest BCUT2D eigenvalue weighted by Crippen LogP contribution is -2.48. The molecule has 0 saturated heterocycles. The number of halogens is 1. The molecule has 0 aliphatic heterocycles. The van der Waals surface area contributed by atoms with Gasteiger partial charge in [-0.25, -0.2) is 9.37 Å². The van der Waals surface area contributed by atoms with Gasteiger partial charge in [0.05, 0.1) is 12.2 Å². The Morgan fingerprint density at radius 3 is 2.31 bits per heavy atom. The number of aromatic nitrogens is 1. The molecule has 4 fully saturated rings. The molecule has 7 heteroatoms. The van der Waals surface area contributed by atoms with Gasteiger partial charge in [0.25, 0.3) is 5.91 Å². The van der Waals surface area contributed by atoms with Crippen molar-refractivity contribution in [2.45, 2.75) is 43.9 Å². The highest BCUT2D eigenvalue weighted by Gasteiger charge is 2.52. The summed E-state index contributed by atoms with van der Waals surface area (Å²) in [6, 6.07) is 5.22. The zero-order valence-electron chi connectivity index (χ0n) is 16.1. The van der Waals surface area contributed by atoms with Crippen LogP contribution in [0.2, 0.25) is 0 Å². The van der Waals surface area contributed by atoms with Crippen molar-refractivity contribution in [2.24, 2.45) is 17.8 Å². The molecule has 6 rings (SSSR count). The van der Waals surface area contributed by atoms with Crippen LogP contribution in [0.3, 0.4) is 0 Å². The fraction of sp³-hybridized carbons (Fsp3) is 0.500. The molecular formula is C22H24FN3O2S. The Hall–Kier alpha value is -2.28. The van der Waals surface area contributed by atoms with Gasteiger partial charge in [-0.3, -0.25) is 9.59 Å². The summed E-state index contributed by atoms with van der Waals surface area (Å²) in [5, 5.41) is 8.07. The second kappa shape index (κ2) is 7.20. The van der Waals surface area contributed by atoms with Crippen LogP contribution in [-0.4, -0.2) is 23.3 Å². The summed E-state index contributed by atoms with van der Waals surface area (Å²) in [5.41, 5.74) is 1.68. The van der Waals surface area contributed by atoms with Crippen LogP contribution in [0.1, 0.15) is 54.6 Å². The number of nitrogens with zero attached hydrogens (tertiary/aromatic N) is 1. The summed E-state index contributed by atoms with van der Waals surface area (Å²) >= 11 is 1.46. The Morgan fingerprint density at radius 1 is 1.07 bits per heavy atom. The molecule has 2 N–H and O–H groups in total. The number of carbonyl (C=O) groups excluding carboxylic acids is 2. The summed E-state index contributed by atoms with van der Waals surface area (Å²) in [6.07, 6.45) is 7.89. The van der Waals surface area contributed by atoms with Crippen LogP contribution < -0.4 is 10.6 Å². The largest absolute Gasteiger partial charge is 0.343 e. The van der Waals surface area contributed by atoms with Crippen LogP contribution in [0.15, 0.2) is 29.6 Å². The second-order valence-corrected chi connectivity index (χ2v) is 9.83. The monoisotopic (exact) mass is 413 g/mol. The van der Waals surface area contributed by atoms with Crippen molar-refractivity contribution >= 4 is 28.3 Å². The first-order valence-electron chi connectivity index (χ1n) is 10.3. The first kappa shape index (κ1) is 18.7. The van der Waals surface area contributed by atoms with Gasteiger partial charge in [0, 0.05) is 16.4 Å². The fourth-order valence-corrected chi connectivity index (χ4v) is 6.88. The maximum Gasteiger partial charge on any atom is 0.251 e. The molecule has 1 aromatic heterocycles. The molecule has 4 aliphatic carbocycles. The van der Waals surface area contributed by atoms with E-state index < -0.39 is 11.7 Å². The van der Waals surface area contributed by atoms with E-state index in [1.807, 2.05) is 0 Å². The topological polar surface area (TPSA) is 71.1 Å². The molecule has 2 aromatic rings. The van der Waals surface area contributed by atoms with Crippen LogP contribution in [0.5, 0.6) is 0 Å². The standard InChI is InChI=1S/C22H24FN3O2S/c23-17-3-1-16(2-4-17)20(28)24-11-19(27)26-21-25-18(12-29-21)22-8-13-5-14(9-22)7-15(6-13)10-22/h1-4,12-15H,5-11H2,(H,24,28)(H,25,26,27). The Morgan fingerprint density at radius 2 is 1.69 bits per heavy atom. The van der Waals surface area contributed by atoms with Gasteiger partial charge in [0.15, 0.2) is 5.13 Å². The van der Waals surface area contributed by atoms with Crippen LogP contribution >= 0.6 is 11.3 Å². The molecule has 5 nitrogen and oxygen atoms in total. The van der Waals surface area contributed by atoms with Crippen LogP contribution in [-0.2, 0) is 10.2 Å². The smallest absolute Gasteiger partial charge is 0.251 e. The Kier molecular flexibility index (Phi) is 4.65. The number of benzene rings is 1. The maximum atomic E-state index is 12.9. The van der Waals surface area contributed by atoms with E-state index in [2.05, 4.69) is 16.0 Å². The molecule has 1 heterocycles. The number of rotatable bonds is 5. The summed E-state index contributed by atoms with van der Waals surface area (Å²) in [4.78, 5) is 29.1. The lowest BCUT2D eigenvalue weighted by atomic mass is 9.49. The Labute approximate surface area is 173 Å². The Balaban J connectivity index is 1.19. The number of hydrogen-bond acceptors (Lipinski definition) is 4. The quantitative estimate of drug-likeness (QED) is 0.775. The van der Waals surface area contributed by atoms with Crippen molar-refractivity contribution < 1.29 is 14.0 Å².